The van der Waals surface area contributed by atoms with E-state index in [4.69, 9.17) is 20.3 Å². The lowest BCUT2D eigenvalue weighted by atomic mass is 9.94. The Morgan fingerprint density at radius 2 is 1.97 bits per heavy atom. The molecule has 3 aromatic rings. The van der Waals surface area contributed by atoms with Crippen LogP contribution in [0.5, 0.6) is 5.75 Å². The van der Waals surface area contributed by atoms with E-state index in [9.17, 15) is 9.90 Å². The van der Waals surface area contributed by atoms with E-state index in [0.29, 0.717) is 22.5 Å². The minimum atomic E-state index is -0.911. The Balaban J connectivity index is 0.00000181. The number of fused-ring (bicyclic) bond motifs is 1. The number of furan rings is 1. The van der Waals surface area contributed by atoms with Crippen LogP contribution in [-0.4, -0.2) is 48.1 Å². The number of benzene rings is 2. The minimum absolute atomic E-state index is 0. The number of likely N-dealkylation sites (tertiary alicyclic amines) is 1. The van der Waals surface area contributed by atoms with Crippen LogP contribution in [0.3, 0.4) is 0 Å². The van der Waals surface area contributed by atoms with Crippen LogP contribution in [0.15, 0.2) is 52.9 Å². The van der Waals surface area contributed by atoms with Crippen LogP contribution in [0.2, 0.25) is 0 Å². The predicted molar refractivity (Wildman–Crippen MR) is 129 cm³/mol. The number of hydrogen-bond acceptors (Lipinski definition) is 5. The Hall–Kier alpha value is -2.74. The summed E-state index contributed by atoms with van der Waals surface area (Å²) in [5, 5.41) is 18.1. The molecule has 0 amide bonds. The number of amidine groups is 1. The monoisotopic (exact) mass is 479 g/mol. The quantitative estimate of drug-likeness (QED) is 0.347. The molecule has 0 saturated carbocycles. The van der Waals surface area contributed by atoms with E-state index in [2.05, 4.69) is 11.9 Å². The molecule has 0 radical (unpaired) electrons. The van der Waals surface area contributed by atoms with E-state index < -0.39 is 11.9 Å². The molecule has 7 nitrogen and oxygen atoms in total. The van der Waals surface area contributed by atoms with Crippen LogP contribution in [0.25, 0.3) is 11.0 Å². The third-order valence-electron chi connectivity index (χ3n) is 5.52. The number of hydrogen-bond donors (Lipinski definition) is 3. The van der Waals surface area contributed by atoms with Gasteiger partial charge in [-0.3, -0.25) is 10.2 Å². The second-order valence-corrected chi connectivity index (χ2v) is 7.83. The third kappa shape index (κ3) is 5.73. The second-order valence-electron chi connectivity index (χ2n) is 7.83. The lowest BCUT2D eigenvalue weighted by molar-refractivity contribution is -0.138. The van der Waals surface area contributed by atoms with E-state index in [-0.39, 0.29) is 43.2 Å². The summed E-state index contributed by atoms with van der Waals surface area (Å²) >= 11 is 0. The van der Waals surface area contributed by atoms with E-state index in [1.807, 2.05) is 30.3 Å². The number of rotatable bonds is 7. The molecule has 1 aliphatic heterocycles. The van der Waals surface area contributed by atoms with Crippen molar-refractivity contribution in [3.05, 3.63) is 65.4 Å². The summed E-state index contributed by atoms with van der Waals surface area (Å²) in [6.45, 7) is 1.92. The maximum absolute atomic E-state index is 11.9. The number of carboxylic acids is 1. The Morgan fingerprint density at radius 1 is 1.25 bits per heavy atom. The topological polar surface area (TPSA) is 113 Å². The predicted octanol–water partition coefficient (Wildman–Crippen LogP) is 4.05. The normalized spacial score (nSPS) is 16.7. The molecular formula is C23H27Cl2N3O4. The molecule has 1 saturated heterocycles. The van der Waals surface area contributed by atoms with Crippen molar-refractivity contribution in [2.45, 2.75) is 24.9 Å². The molecule has 4 N–H and O–H groups in total. The zero-order valence-electron chi connectivity index (χ0n) is 17.6. The van der Waals surface area contributed by atoms with Gasteiger partial charge < -0.3 is 24.9 Å². The van der Waals surface area contributed by atoms with Gasteiger partial charge >= 0.3 is 5.97 Å². The number of nitrogens with zero attached hydrogens (tertiary/aromatic N) is 1. The molecule has 4 rings (SSSR count). The zero-order valence-corrected chi connectivity index (χ0v) is 19.2. The average molecular weight is 480 g/mol. The van der Waals surface area contributed by atoms with Gasteiger partial charge in [0.15, 0.2) is 0 Å². The second kappa shape index (κ2) is 10.7. The van der Waals surface area contributed by atoms with Gasteiger partial charge in [-0.25, -0.2) is 0 Å². The molecular weight excluding hydrogens is 453 g/mol. The van der Waals surface area contributed by atoms with Crippen molar-refractivity contribution >= 4 is 47.6 Å². The first-order valence-corrected chi connectivity index (χ1v) is 9.94. The van der Waals surface area contributed by atoms with Crippen LogP contribution in [0, 0.1) is 5.41 Å². The smallest absolute Gasteiger partial charge is 0.311 e. The van der Waals surface area contributed by atoms with Crippen LogP contribution in [-0.2, 0) is 11.2 Å². The van der Waals surface area contributed by atoms with E-state index in [1.54, 1.807) is 18.2 Å². The van der Waals surface area contributed by atoms with Gasteiger partial charge in [0.25, 0.3) is 0 Å². The molecule has 1 aliphatic rings. The Labute approximate surface area is 198 Å². The summed E-state index contributed by atoms with van der Waals surface area (Å²) in [4.78, 5) is 14.2. The molecule has 1 aromatic heterocycles. The molecule has 0 bridgehead atoms. The number of nitrogens with one attached hydrogen (secondary N) is 1. The highest BCUT2D eigenvalue weighted by molar-refractivity contribution is 5.98. The largest absolute Gasteiger partial charge is 0.489 e. The van der Waals surface area contributed by atoms with Gasteiger partial charge in [-0.2, -0.15) is 0 Å². The fourth-order valence-corrected chi connectivity index (χ4v) is 3.88. The van der Waals surface area contributed by atoms with Crippen molar-refractivity contribution in [2.24, 2.45) is 5.73 Å². The van der Waals surface area contributed by atoms with Gasteiger partial charge in [0.2, 0.25) is 0 Å². The van der Waals surface area contributed by atoms with Gasteiger partial charge in [-0.1, -0.05) is 12.1 Å². The van der Waals surface area contributed by atoms with Crippen LogP contribution >= 0.6 is 24.8 Å². The molecule has 2 aromatic carbocycles. The molecule has 1 fully saturated rings. The molecule has 1 unspecified atom stereocenters. The maximum Gasteiger partial charge on any atom is 0.311 e. The van der Waals surface area contributed by atoms with Crippen molar-refractivity contribution in [1.29, 1.82) is 5.41 Å². The van der Waals surface area contributed by atoms with Gasteiger partial charge in [-0.05, 0) is 55.4 Å². The van der Waals surface area contributed by atoms with Crippen molar-refractivity contribution in [3.63, 3.8) is 0 Å². The Kier molecular flexibility index (Phi) is 8.55. The van der Waals surface area contributed by atoms with E-state index in [0.717, 1.165) is 30.6 Å². The summed E-state index contributed by atoms with van der Waals surface area (Å²) < 4.78 is 11.8. The minimum Gasteiger partial charge on any atom is -0.489 e. The van der Waals surface area contributed by atoms with Gasteiger partial charge in [-0.15, -0.1) is 24.8 Å². The summed E-state index contributed by atoms with van der Waals surface area (Å²) in [6.07, 6.45) is 1.40. The van der Waals surface area contributed by atoms with Gasteiger partial charge in [0, 0.05) is 30.5 Å². The zero-order chi connectivity index (χ0) is 21.3. The van der Waals surface area contributed by atoms with Crippen molar-refractivity contribution in [3.8, 4) is 5.75 Å². The Bertz CT molecular complexity index is 1080. The maximum atomic E-state index is 11.9. The highest BCUT2D eigenvalue weighted by Crippen LogP contribution is 2.28. The SMILES string of the molecule is CN1CC[C@H](Oc2ccc(C(Cc3cc4cc(C(=N)N)ccc4o3)C(=O)O)cc2)C1.Cl.Cl. The number of halogens is 2. The third-order valence-corrected chi connectivity index (χ3v) is 5.52. The summed E-state index contributed by atoms with van der Waals surface area (Å²) in [6, 6.07) is 14.3. The highest BCUT2D eigenvalue weighted by atomic mass is 35.5. The van der Waals surface area contributed by atoms with E-state index in [1.165, 1.54) is 0 Å². The van der Waals surface area contributed by atoms with Crippen molar-refractivity contribution in [1.82, 2.24) is 4.90 Å². The summed E-state index contributed by atoms with van der Waals surface area (Å²) in [5.74, 6) is -0.332. The van der Waals surface area contributed by atoms with Crippen molar-refractivity contribution in [2.75, 3.05) is 20.1 Å². The molecule has 32 heavy (non-hydrogen) atoms. The molecule has 0 spiro atoms. The van der Waals surface area contributed by atoms with Crippen LogP contribution in [0.1, 0.15) is 29.2 Å². The van der Waals surface area contributed by atoms with Crippen LogP contribution in [0.4, 0.5) is 0 Å². The molecule has 2 heterocycles. The average Bonchev–Trinajstić information content (AvgIpc) is 3.31. The fourth-order valence-electron chi connectivity index (χ4n) is 3.88. The van der Waals surface area contributed by atoms with Gasteiger partial charge in [0.1, 0.15) is 29.0 Å². The number of aliphatic carboxylic acids is 1. The number of nitrogens with two attached hydrogens (primary N) is 1. The number of carboxylic acid groups (broad SMARTS) is 1. The van der Waals surface area contributed by atoms with Crippen molar-refractivity contribution < 1.29 is 19.1 Å². The number of ether oxygens (including phenoxy) is 1. The standard InChI is InChI=1S/C23H25N3O4.2ClH/c1-26-9-8-18(13-26)29-17-5-2-14(3-6-17)20(23(27)28)12-19-11-16-10-15(22(24)25)4-7-21(16)30-19;;/h2-7,10-11,18,20H,8-9,12-13H2,1H3,(H3,24,25)(H,27,28);2*1H/t18-,20?;;/m0../s1. The number of carbonyl (C=O) groups is 1. The lowest BCUT2D eigenvalue weighted by Crippen LogP contribution is -2.21. The molecule has 172 valence electrons. The number of likely N-dealkylation sites (N-methyl/N-ethyl adjacent to an activating group) is 1. The fraction of sp³-hybridized carbons (Fsp3) is 0.304. The number of nitrogen functional groups attached to an aromatic ring is 1. The lowest BCUT2D eigenvalue weighted by Gasteiger charge is -2.15. The Morgan fingerprint density at radius 3 is 2.56 bits per heavy atom. The summed E-state index contributed by atoms with van der Waals surface area (Å²) in [7, 11) is 2.07. The highest BCUT2D eigenvalue weighted by Gasteiger charge is 2.24. The van der Waals surface area contributed by atoms with E-state index >= 15 is 0 Å². The first-order valence-electron chi connectivity index (χ1n) is 9.94. The summed E-state index contributed by atoms with van der Waals surface area (Å²) in [5.41, 5.74) is 7.49. The first kappa shape index (κ1) is 25.5. The molecule has 2 atom stereocenters. The first-order chi connectivity index (χ1) is 14.4. The molecule has 9 heteroatoms. The van der Waals surface area contributed by atoms with Gasteiger partial charge in [0.05, 0.1) is 5.92 Å². The molecule has 0 aliphatic carbocycles. The van der Waals surface area contributed by atoms with Crippen LogP contribution < -0.4 is 10.5 Å².